The quantitative estimate of drug-likeness (QED) is 0.851. The lowest BCUT2D eigenvalue weighted by Gasteiger charge is -2.16. The van der Waals surface area contributed by atoms with Crippen LogP contribution < -0.4 is 10.1 Å². The number of hydrogen-bond acceptors (Lipinski definition) is 4. The molecule has 2 aromatic rings. The molecular weight excluding hydrogens is 266 g/mol. The zero-order chi connectivity index (χ0) is 15.2. The molecular formula is C16H23N3O2. The molecule has 2 rings (SSSR count). The van der Waals surface area contributed by atoms with Gasteiger partial charge in [0.15, 0.2) is 0 Å². The highest BCUT2D eigenvalue weighted by molar-refractivity contribution is 5.44. The zero-order valence-electron chi connectivity index (χ0n) is 13.0. The molecule has 0 fully saturated rings. The van der Waals surface area contributed by atoms with Crippen LogP contribution in [0.15, 0.2) is 36.7 Å². The molecule has 1 N–H and O–H groups in total. The van der Waals surface area contributed by atoms with Crippen molar-refractivity contribution in [2.24, 2.45) is 0 Å². The van der Waals surface area contributed by atoms with Crippen molar-refractivity contribution >= 4 is 5.95 Å². The van der Waals surface area contributed by atoms with E-state index < -0.39 is 0 Å². The lowest BCUT2D eigenvalue weighted by Crippen LogP contribution is -2.22. The Morgan fingerprint density at radius 3 is 2.52 bits per heavy atom. The summed E-state index contributed by atoms with van der Waals surface area (Å²) in [6.07, 6.45) is 3.89. The van der Waals surface area contributed by atoms with Crippen molar-refractivity contribution in [3.05, 3.63) is 36.7 Å². The Bertz CT molecular complexity index is 549. The van der Waals surface area contributed by atoms with Crippen molar-refractivity contribution < 1.29 is 9.47 Å². The van der Waals surface area contributed by atoms with E-state index in [0.717, 1.165) is 17.4 Å². The van der Waals surface area contributed by atoms with Gasteiger partial charge < -0.3 is 14.8 Å². The van der Waals surface area contributed by atoms with E-state index in [1.54, 1.807) is 13.3 Å². The third-order valence-electron chi connectivity index (χ3n) is 2.92. The fourth-order valence-electron chi connectivity index (χ4n) is 2.09. The van der Waals surface area contributed by atoms with E-state index >= 15 is 0 Å². The fourth-order valence-corrected chi connectivity index (χ4v) is 2.09. The molecule has 1 aromatic heterocycles. The molecule has 1 heterocycles. The third-order valence-corrected chi connectivity index (χ3v) is 2.92. The Morgan fingerprint density at radius 1 is 1.19 bits per heavy atom. The molecule has 0 saturated heterocycles. The molecule has 0 bridgehead atoms. The van der Waals surface area contributed by atoms with Crippen molar-refractivity contribution in [3.8, 4) is 11.4 Å². The van der Waals surface area contributed by atoms with Crippen molar-refractivity contribution in [1.82, 2.24) is 9.55 Å². The second-order valence-electron chi connectivity index (χ2n) is 5.28. The lowest BCUT2D eigenvalue weighted by molar-refractivity contribution is 0.190. The van der Waals surface area contributed by atoms with Gasteiger partial charge >= 0.3 is 0 Å². The van der Waals surface area contributed by atoms with E-state index in [4.69, 9.17) is 9.47 Å². The molecule has 0 radical (unpaired) electrons. The largest absolute Gasteiger partial charge is 0.491 e. The molecule has 0 amide bonds. The van der Waals surface area contributed by atoms with Gasteiger partial charge in [-0.1, -0.05) is 0 Å². The molecule has 21 heavy (non-hydrogen) atoms. The van der Waals surface area contributed by atoms with Crippen LogP contribution in [0.2, 0.25) is 0 Å². The fraction of sp³-hybridized carbons (Fsp3) is 0.438. The Labute approximate surface area is 125 Å². The molecule has 1 aromatic carbocycles. The number of anilines is 1. The summed E-state index contributed by atoms with van der Waals surface area (Å²) in [5.74, 6) is 1.67. The Hall–Kier alpha value is -2.01. The number of aromatic nitrogens is 2. The summed E-state index contributed by atoms with van der Waals surface area (Å²) in [6, 6.07) is 8.17. The standard InChI is InChI=1S/C16H23N3O2/c1-12(2)21-15-7-5-14(6-8-15)19-10-9-17-16(19)18-13(3)11-20-4/h5-10,12-13H,11H2,1-4H3,(H,17,18). The van der Waals surface area contributed by atoms with Crippen LogP contribution in [-0.2, 0) is 4.74 Å². The summed E-state index contributed by atoms with van der Waals surface area (Å²) in [4.78, 5) is 4.35. The Balaban J connectivity index is 2.13. The molecule has 1 atom stereocenters. The van der Waals surface area contributed by atoms with Crippen LogP contribution >= 0.6 is 0 Å². The van der Waals surface area contributed by atoms with Crippen LogP contribution in [-0.4, -0.2) is 35.4 Å². The van der Waals surface area contributed by atoms with Crippen LogP contribution in [0.1, 0.15) is 20.8 Å². The van der Waals surface area contributed by atoms with Crippen LogP contribution in [0.5, 0.6) is 5.75 Å². The van der Waals surface area contributed by atoms with Gasteiger partial charge in [0.25, 0.3) is 0 Å². The van der Waals surface area contributed by atoms with Crippen molar-refractivity contribution in [2.45, 2.75) is 32.9 Å². The summed E-state index contributed by atoms with van der Waals surface area (Å²) >= 11 is 0. The average Bonchev–Trinajstić information content (AvgIpc) is 2.87. The van der Waals surface area contributed by atoms with Crippen LogP contribution in [0.3, 0.4) is 0 Å². The summed E-state index contributed by atoms with van der Waals surface area (Å²) in [5, 5.41) is 3.33. The first-order valence-electron chi connectivity index (χ1n) is 7.16. The van der Waals surface area contributed by atoms with Gasteiger partial charge in [0, 0.05) is 31.2 Å². The first-order valence-corrected chi connectivity index (χ1v) is 7.16. The predicted molar refractivity (Wildman–Crippen MR) is 84.3 cm³/mol. The summed E-state index contributed by atoms with van der Waals surface area (Å²) in [6.45, 7) is 6.72. The number of imidazole rings is 1. The summed E-state index contributed by atoms with van der Waals surface area (Å²) in [5.41, 5.74) is 1.04. The van der Waals surface area contributed by atoms with E-state index in [1.807, 2.05) is 48.9 Å². The highest BCUT2D eigenvalue weighted by atomic mass is 16.5. The topological polar surface area (TPSA) is 48.3 Å². The summed E-state index contributed by atoms with van der Waals surface area (Å²) in [7, 11) is 1.69. The monoisotopic (exact) mass is 289 g/mol. The highest BCUT2D eigenvalue weighted by Gasteiger charge is 2.08. The van der Waals surface area contributed by atoms with E-state index in [9.17, 15) is 0 Å². The van der Waals surface area contributed by atoms with Gasteiger partial charge in [-0.25, -0.2) is 4.98 Å². The minimum absolute atomic E-state index is 0.177. The van der Waals surface area contributed by atoms with Gasteiger partial charge in [-0.3, -0.25) is 4.57 Å². The maximum Gasteiger partial charge on any atom is 0.207 e. The maximum absolute atomic E-state index is 5.66. The first kappa shape index (κ1) is 15.4. The second-order valence-corrected chi connectivity index (χ2v) is 5.28. The normalized spacial score (nSPS) is 12.4. The molecule has 0 aliphatic heterocycles. The van der Waals surface area contributed by atoms with Gasteiger partial charge in [0.05, 0.1) is 12.7 Å². The average molecular weight is 289 g/mol. The van der Waals surface area contributed by atoms with Gasteiger partial charge in [0.2, 0.25) is 5.95 Å². The van der Waals surface area contributed by atoms with Gasteiger partial charge in [-0.15, -0.1) is 0 Å². The minimum Gasteiger partial charge on any atom is -0.491 e. The molecule has 0 aliphatic rings. The molecule has 114 valence electrons. The molecule has 0 aliphatic carbocycles. The highest BCUT2D eigenvalue weighted by Crippen LogP contribution is 2.19. The Morgan fingerprint density at radius 2 is 1.90 bits per heavy atom. The molecule has 5 nitrogen and oxygen atoms in total. The minimum atomic E-state index is 0.177. The van der Waals surface area contributed by atoms with E-state index in [0.29, 0.717) is 6.61 Å². The van der Waals surface area contributed by atoms with Crippen LogP contribution in [0.25, 0.3) is 5.69 Å². The number of hydrogen-bond donors (Lipinski definition) is 1. The van der Waals surface area contributed by atoms with E-state index in [1.165, 1.54) is 0 Å². The smallest absolute Gasteiger partial charge is 0.207 e. The number of nitrogens with zero attached hydrogens (tertiary/aromatic N) is 2. The first-order chi connectivity index (χ1) is 10.1. The van der Waals surface area contributed by atoms with Crippen LogP contribution in [0.4, 0.5) is 5.95 Å². The number of nitrogens with one attached hydrogen (secondary N) is 1. The Kier molecular flexibility index (Phi) is 5.22. The zero-order valence-corrected chi connectivity index (χ0v) is 13.0. The van der Waals surface area contributed by atoms with Crippen LogP contribution in [0, 0.1) is 0 Å². The number of ether oxygens (including phenoxy) is 2. The maximum atomic E-state index is 5.66. The van der Waals surface area contributed by atoms with Crippen molar-refractivity contribution in [2.75, 3.05) is 19.0 Å². The molecule has 5 heteroatoms. The number of methoxy groups -OCH3 is 1. The van der Waals surface area contributed by atoms with Gasteiger partial charge in [-0.05, 0) is 45.0 Å². The van der Waals surface area contributed by atoms with Crippen molar-refractivity contribution in [3.63, 3.8) is 0 Å². The summed E-state index contributed by atoms with van der Waals surface area (Å²) < 4.78 is 12.8. The predicted octanol–water partition coefficient (Wildman–Crippen LogP) is 3.11. The van der Waals surface area contributed by atoms with E-state index in [2.05, 4.69) is 17.2 Å². The second kappa shape index (κ2) is 7.13. The van der Waals surface area contributed by atoms with Crippen molar-refractivity contribution in [1.29, 1.82) is 0 Å². The number of rotatable bonds is 7. The SMILES string of the molecule is COCC(C)Nc1nccn1-c1ccc(OC(C)C)cc1. The van der Waals surface area contributed by atoms with E-state index in [-0.39, 0.29) is 12.1 Å². The third kappa shape index (κ3) is 4.23. The number of benzene rings is 1. The molecule has 0 spiro atoms. The lowest BCUT2D eigenvalue weighted by atomic mass is 10.3. The van der Waals surface area contributed by atoms with Gasteiger partial charge in [0.1, 0.15) is 5.75 Å². The molecule has 1 unspecified atom stereocenters. The molecule has 0 saturated carbocycles. The van der Waals surface area contributed by atoms with Gasteiger partial charge in [-0.2, -0.15) is 0 Å².